The molecule has 0 heterocycles. The average molecular weight is 416 g/mol. The van der Waals surface area contributed by atoms with Crippen LogP contribution in [0.4, 0.5) is 9.18 Å². The number of rotatable bonds is 7. The van der Waals surface area contributed by atoms with Crippen LogP contribution >= 0.6 is 15.9 Å². The van der Waals surface area contributed by atoms with Crippen LogP contribution in [-0.4, -0.2) is 30.0 Å². The largest absolute Gasteiger partial charge is 0.444 e. The summed E-state index contributed by atoms with van der Waals surface area (Å²) in [6.07, 6.45) is 3.05. The van der Waals surface area contributed by atoms with Gasteiger partial charge in [-0.25, -0.2) is 9.18 Å². The minimum Gasteiger partial charge on any atom is -0.444 e. The molecule has 1 atom stereocenters. The van der Waals surface area contributed by atoms with Gasteiger partial charge in [-0.05, 0) is 67.1 Å². The molecule has 1 fully saturated rings. The SMILES string of the molecule is CC(C)(C)OC(=O)NCC(CO)(Cc1cccc(F)c1Br)CC1CC1. The van der Waals surface area contributed by atoms with Crippen LogP contribution in [0.1, 0.15) is 45.6 Å². The zero-order valence-corrected chi connectivity index (χ0v) is 16.7. The van der Waals surface area contributed by atoms with Crippen LogP contribution in [0, 0.1) is 17.2 Å². The van der Waals surface area contributed by atoms with Crippen molar-refractivity contribution in [2.24, 2.45) is 11.3 Å². The fraction of sp³-hybridized carbons (Fsp3) is 0.632. The zero-order valence-electron chi connectivity index (χ0n) is 15.1. The lowest BCUT2D eigenvalue weighted by Gasteiger charge is -2.33. The first-order chi connectivity index (χ1) is 11.6. The maximum Gasteiger partial charge on any atom is 0.407 e. The van der Waals surface area contributed by atoms with E-state index in [2.05, 4.69) is 21.2 Å². The van der Waals surface area contributed by atoms with E-state index in [1.165, 1.54) is 6.07 Å². The summed E-state index contributed by atoms with van der Waals surface area (Å²) < 4.78 is 19.5. The summed E-state index contributed by atoms with van der Waals surface area (Å²) in [6.45, 7) is 5.62. The van der Waals surface area contributed by atoms with E-state index in [1.807, 2.05) is 6.07 Å². The minimum absolute atomic E-state index is 0.0811. The van der Waals surface area contributed by atoms with Crippen LogP contribution in [0.3, 0.4) is 0 Å². The molecule has 140 valence electrons. The molecule has 2 rings (SSSR count). The van der Waals surface area contributed by atoms with Gasteiger partial charge in [0, 0.05) is 12.0 Å². The molecule has 6 heteroatoms. The summed E-state index contributed by atoms with van der Waals surface area (Å²) in [6, 6.07) is 4.90. The molecule has 0 aromatic heterocycles. The number of halogens is 2. The quantitative estimate of drug-likeness (QED) is 0.691. The number of ether oxygens (including phenoxy) is 1. The Morgan fingerprint density at radius 1 is 1.40 bits per heavy atom. The monoisotopic (exact) mass is 415 g/mol. The van der Waals surface area contributed by atoms with E-state index in [1.54, 1.807) is 26.8 Å². The van der Waals surface area contributed by atoms with Gasteiger partial charge in [-0.3, -0.25) is 0 Å². The van der Waals surface area contributed by atoms with E-state index < -0.39 is 17.1 Å². The molecule has 0 bridgehead atoms. The number of carbonyl (C=O) groups is 1. The Morgan fingerprint density at radius 2 is 2.08 bits per heavy atom. The van der Waals surface area contributed by atoms with Crippen molar-refractivity contribution in [1.82, 2.24) is 5.32 Å². The van der Waals surface area contributed by atoms with Gasteiger partial charge in [-0.1, -0.05) is 25.0 Å². The average Bonchev–Trinajstić information content (AvgIpc) is 3.32. The van der Waals surface area contributed by atoms with Gasteiger partial charge in [0.15, 0.2) is 0 Å². The molecule has 1 amide bonds. The van der Waals surface area contributed by atoms with Crippen LogP contribution in [0.25, 0.3) is 0 Å². The zero-order chi connectivity index (χ0) is 18.7. The van der Waals surface area contributed by atoms with Gasteiger partial charge >= 0.3 is 6.09 Å². The molecular formula is C19H27BrFNO3. The number of alkyl carbamates (subject to hydrolysis) is 1. The Balaban J connectivity index is 2.12. The van der Waals surface area contributed by atoms with E-state index >= 15 is 0 Å². The number of aliphatic hydroxyl groups excluding tert-OH is 1. The van der Waals surface area contributed by atoms with Gasteiger partial charge in [0.1, 0.15) is 11.4 Å². The third-order valence-corrected chi connectivity index (χ3v) is 5.25. The fourth-order valence-electron chi connectivity index (χ4n) is 2.98. The van der Waals surface area contributed by atoms with Crippen molar-refractivity contribution >= 4 is 22.0 Å². The van der Waals surface area contributed by atoms with Crippen LogP contribution in [0.5, 0.6) is 0 Å². The molecule has 1 aliphatic rings. The summed E-state index contributed by atoms with van der Waals surface area (Å²) in [5.74, 6) is 0.232. The maximum absolute atomic E-state index is 13.8. The highest BCUT2D eigenvalue weighted by molar-refractivity contribution is 9.10. The Labute approximate surface area is 157 Å². The normalized spacial score (nSPS) is 17.0. The first-order valence-electron chi connectivity index (χ1n) is 8.65. The second-order valence-corrected chi connectivity index (χ2v) is 8.84. The van der Waals surface area contributed by atoms with E-state index in [4.69, 9.17) is 4.74 Å². The molecule has 0 aliphatic heterocycles. The van der Waals surface area contributed by atoms with Crippen molar-refractivity contribution in [3.63, 3.8) is 0 Å². The number of nitrogens with one attached hydrogen (secondary N) is 1. The first-order valence-corrected chi connectivity index (χ1v) is 9.44. The highest BCUT2D eigenvalue weighted by atomic mass is 79.9. The van der Waals surface area contributed by atoms with Crippen LogP contribution in [0.2, 0.25) is 0 Å². The van der Waals surface area contributed by atoms with E-state index in [9.17, 15) is 14.3 Å². The van der Waals surface area contributed by atoms with Crippen molar-refractivity contribution in [3.8, 4) is 0 Å². The summed E-state index contributed by atoms with van der Waals surface area (Å²) >= 11 is 3.30. The lowest BCUT2D eigenvalue weighted by molar-refractivity contribution is 0.0449. The standard InChI is InChI=1S/C19H27BrFNO3/c1-18(2,3)25-17(24)22-11-19(12-23,9-13-7-8-13)10-14-5-4-6-15(21)16(14)20/h4-6,13,23H,7-12H2,1-3H3,(H,22,24). The van der Waals surface area contributed by atoms with Crippen LogP contribution < -0.4 is 5.32 Å². The molecule has 2 N–H and O–H groups in total. The molecule has 1 unspecified atom stereocenters. The second-order valence-electron chi connectivity index (χ2n) is 8.05. The van der Waals surface area contributed by atoms with Crippen LogP contribution in [-0.2, 0) is 11.2 Å². The van der Waals surface area contributed by atoms with Crippen molar-refractivity contribution < 1.29 is 19.0 Å². The Bertz CT molecular complexity index is 613. The molecule has 4 nitrogen and oxygen atoms in total. The van der Waals surface area contributed by atoms with Gasteiger partial charge in [-0.2, -0.15) is 0 Å². The number of amides is 1. The smallest absolute Gasteiger partial charge is 0.407 e. The molecule has 0 radical (unpaired) electrons. The van der Waals surface area contributed by atoms with Crippen LogP contribution in [0.15, 0.2) is 22.7 Å². The number of benzene rings is 1. The molecular weight excluding hydrogens is 389 g/mol. The molecule has 1 aromatic rings. The molecule has 1 saturated carbocycles. The Hall–Kier alpha value is -1.14. The third-order valence-electron chi connectivity index (χ3n) is 4.36. The van der Waals surface area contributed by atoms with Crippen molar-refractivity contribution in [3.05, 3.63) is 34.1 Å². The lowest BCUT2D eigenvalue weighted by atomic mass is 9.77. The van der Waals surface area contributed by atoms with Gasteiger partial charge in [0.05, 0.1) is 11.1 Å². The maximum atomic E-state index is 13.8. The Morgan fingerprint density at radius 3 is 2.64 bits per heavy atom. The summed E-state index contributed by atoms with van der Waals surface area (Å²) in [5.41, 5.74) is -0.316. The fourth-order valence-corrected chi connectivity index (χ4v) is 3.38. The second kappa shape index (κ2) is 8.04. The van der Waals surface area contributed by atoms with E-state index in [-0.39, 0.29) is 19.0 Å². The minimum atomic E-state index is -0.575. The van der Waals surface area contributed by atoms with Crippen molar-refractivity contribution in [2.45, 2.75) is 52.1 Å². The molecule has 1 aliphatic carbocycles. The molecule has 0 saturated heterocycles. The summed E-state index contributed by atoms with van der Waals surface area (Å²) in [5, 5.41) is 12.9. The predicted molar refractivity (Wildman–Crippen MR) is 98.9 cm³/mol. The summed E-state index contributed by atoms with van der Waals surface area (Å²) in [7, 11) is 0. The number of hydrogen-bond donors (Lipinski definition) is 2. The molecule has 25 heavy (non-hydrogen) atoms. The molecule has 0 spiro atoms. The van der Waals surface area contributed by atoms with Crippen molar-refractivity contribution in [2.75, 3.05) is 13.2 Å². The highest BCUT2D eigenvalue weighted by Crippen LogP contribution is 2.42. The van der Waals surface area contributed by atoms with E-state index in [0.717, 1.165) is 24.8 Å². The van der Waals surface area contributed by atoms with Crippen molar-refractivity contribution in [1.29, 1.82) is 0 Å². The van der Waals surface area contributed by atoms with E-state index in [0.29, 0.717) is 16.8 Å². The third kappa shape index (κ3) is 6.26. The predicted octanol–water partition coefficient (Wildman–Crippen LogP) is 4.43. The topological polar surface area (TPSA) is 58.6 Å². The van der Waals surface area contributed by atoms with Gasteiger partial charge in [0.25, 0.3) is 0 Å². The number of hydrogen-bond acceptors (Lipinski definition) is 3. The van der Waals surface area contributed by atoms with Gasteiger partial charge in [0.2, 0.25) is 0 Å². The lowest BCUT2D eigenvalue weighted by Crippen LogP contribution is -2.44. The van der Waals surface area contributed by atoms with Gasteiger partial charge < -0.3 is 15.2 Å². The Kier molecular flexibility index (Phi) is 6.49. The highest BCUT2D eigenvalue weighted by Gasteiger charge is 2.38. The number of carbonyl (C=O) groups excluding carboxylic acids is 1. The first kappa shape index (κ1) is 20.2. The number of aliphatic hydroxyl groups is 1. The summed E-state index contributed by atoms with van der Waals surface area (Å²) in [4.78, 5) is 12.0. The van der Waals surface area contributed by atoms with Gasteiger partial charge in [-0.15, -0.1) is 0 Å². The molecule has 1 aromatic carbocycles.